The second-order valence-electron chi connectivity index (χ2n) is 10.5. The van der Waals surface area contributed by atoms with Crippen molar-refractivity contribution >= 4 is 14.1 Å². The summed E-state index contributed by atoms with van der Waals surface area (Å²) in [6, 6.07) is 0. The molecule has 2 aliphatic rings. The van der Waals surface area contributed by atoms with Crippen molar-refractivity contribution in [1.82, 2.24) is 0 Å². The molecule has 1 N–H and O–H groups in total. The fraction of sp³-hybridized carbons (Fsp3) is 0.880. The van der Waals surface area contributed by atoms with Gasteiger partial charge in [0.05, 0.1) is 12.0 Å². The van der Waals surface area contributed by atoms with Gasteiger partial charge in [-0.15, -0.1) is 0 Å². The molecule has 4 heteroatoms. The quantitative estimate of drug-likeness (QED) is 0.243. The van der Waals surface area contributed by atoms with Crippen LogP contribution in [-0.2, 0) is 9.22 Å². The zero-order valence-corrected chi connectivity index (χ0v) is 20.8. The van der Waals surface area contributed by atoms with Crippen molar-refractivity contribution in [3.8, 4) is 0 Å². The standard InChI is InChI=1S/C25H46O3Si/c1-18(2)29(19(3)4,20(5)6)28-17-11-10-12-21-15-16-23(26)24(21)25(27)22-13-8-7-9-14-22/h10,12,18-22,24-25,27H,7-9,11,13-17H2,1-6H3/b12-10-/t21-,24-,25-/m1/s1. The molecular formula is C25H46O3Si. The number of rotatable bonds is 10. The average Bonchev–Trinajstić information content (AvgIpc) is 3.04. The van der Waals surface area contributed by atoms with Crippen LogP contribution in [0.25, 0.3) is 0 Å². The van der Waals surface area contributed by atoms with Gasteiger partial charge in [-0.05, 0) is 54.1 Å². The molecular weight excluding hydrogens is 376 g/mol. The fourth-order valence-electron chi connectivity index (χ4n) is 6.40. The minimum Gasteiger partial charge on any atom is -0.416 e. The van der Waals surface area contributed by atoms with E-state index in [9.17, 15) is 9.90 Å². The average molecular weight is 423 g/mol. The predicted molar refractivity (Wildman–Crippen MR) is 125 cm³/mol. The van der Waals surface area contributed by atoms with Crippen LogP contribution in [0.1, 0.15) is 92.9 Å². The van der Waals surface area contributed by atoms with Crippen molar-refractivity contribution in [2.45, 2.75) is 116 Å². The Labute approximate surface area is 180 Å². The lowest BCUT2D eigenvalue weighted by atomic mass is 9.77. The molecule has 0 radical (unpaired) electrons. The van der Waals surface area contributed by atoms with E-state index < -0.39 is 14.4 Å². The number of aliphatic hydroxyl groups is 1. The van der Waals surface area contributed by atoms with E-state index in [-0.39, 0.29) is 17.6 Å². The number of hydrogen-bond acceptors (Lipinski definition) is 3. The van der Waals surface area contributed by atoms with Gasteiger partial charge in [0.1, 0.15) is 5.78 Å². The Balaban J connectivity index is 1.92. The molecule has 168 valence electrons. The van der Waals surface area contributed by atoms with Gasteiger partial charge in [0.2, 0.25) is 0 Å². The summed E-state index contributed by atoms with van der Waals surface area (Å²) in [5.41, 5.74) is 1.82. The van der Waals surface area contributed by atoms with Gasteiger partial charge in [0, 0.05) is 13.0 Å². The summed E-state index contributed by atoms with van der Waals surface area (Å²) in [7, 11) is -1.80. The van der Waals surface area contributed by atoms with Gasteiger partial charge in [-0.1, -0.05) is 73.0 Å². The number of carbonyl (C=O) groups is 1. The highest BCUT2D eigenvalue weighted by molar-refractivity contribution is 6.77. The number of hydrogen-bond donors (Lipinski definition) is 1. The first-order chi connectivity index (χ1) is 13.7. The molecule has 2 aliphatic carbocycles. The van der Waals surface area contributed by atoms with Crippen LogP contribution in [0.15, 0.2) is 12.2 Å². The molecule has 3 nitrogen and oxygen atoms in total. The Morgan fingerprint density at radius 3 is 2.14 bits per heavy atom. The zero-order chi connectivity index (χ0) is 21.6. The van der Waals surface area contributed by atoms with Crippen LogP contribution in [0.3, 0.4) is 0 Å². The van der Waals surface area contributed by atoms with E-state index in [0.29, 0.717) is 29.0 Å². The minimum absolute atomic E-state index is 0.175. The normalized spacial score (nSPS) is 25.8. The topological polar surface area (TPSA) is 46.5 Å². The van der Waals surface area contributed by atoms with Gasteiger partial charge in [-0.25, -0.2) is 0 Å². The van der Waals surface area contributed by atoms with Crippen LogP contribution in [0.4, 0.5) is 0 Å². The van der Waals surface area contributed by atoms with Gasteiger partial charge in [-0.2, -0.15) is 0 Å². The van der Waals surface area contributed by atoms with E-state index >= 15 is 0 Å². The molecule has 2 fully saturated rings. The number of aliphatic hydroxyl groups excluding tert-OH is 1. The maximum absolute atomic E-state index is 12.5. The summed E-state index contributed by atoms with van der Waals surface area (Å²) >= 11 is 0. The zero-order valence-electron chi connectivity index (χ0n) is 19.8. The molecule has 0 unspecified atom stereocenters. The molecule has 0 aromatic rings. The van der Waals surface area contributed by atoms with E-state index in [2.05, 4.69) is 53.7 Å². The minimum atomic E-state index is -1.80. The summed E-state index contributed by atoms with van der Waals surface area (Å²) in [5, 5.41) is 10.9. The van der Waals surface area contributed by atoms with Gasteiger partial charge >= 0.3 is 0 Å². The second-order valence-corrected chi connectivity index (χ2v) is 15.9. The molecule has 0 aromatic heterocycles. The van der Waals surface area contributed by atoms with Crippen molar-refractivity contribution < 1.29 is 14.3 Å². The highest BCUT2D eigenvalue weighted by atomic mass is 28.4. The fourth-order valence-corrected chi connectivity index (χ4v) is 11.9. The van der Waals surface area contributed by atoms with E-state index in [0.717, 1.165) is 32.3 Å². The van der Waals surface area contributed by atoms with E-state index in [1.807, 2.05) is 0 Å². The van der Waals surface area contributed by atoms with Gasteiger partial charge in [0.25, 0.3) is 0 Å². The van der Waals surface area contributed by atoms with Crippen LogP contribution >= 0.6 is 0 Å². The largest absolute Gasteiger partial charge is 0.416 e. The third-order valence-corrected chi connectivity index (χ3v) is 13.9. The van der Waals surface area contributed by atoms with Crippen LogP contribution in [0.5, 0.6) is 0 Å². The van der Waals surface area contributed by atoms with Gasteiger partial charge < -0.3 is 9.53 Å². The Kier molecular flexibility index (Phi) is 9.62. The van der Waals surface area contributed by atoms with E-state index in [1.54, 1.807) is 0 Å². The van der Waals surface area contributed by atoms with Crippen molar-refractivity contribution in [2.24, 2.45) is 17.8 Å². The van der Waals surface area contributed by atoms with E-state index in [1.165, 1.54) is 19.3 Å². The predicted octanol–water partition coefficient (Wildman–Crippen LogP) is 6.66. The summed E-state index contributed by atoms with van der Waals surface area (Å²) in [5.74, 6) is 0.636. The van der Waals surface area contributed by atoms with Gasteiger partial charge in [-0.3, -0.25) is 4.79 Å². The molecule has 0 amide bonds. The highest BCUT2D eigenvalue weighted by Gasteiger charge is 2.45. The first kappa shape index (κ1) is 24.8. The van der Waals surface area contributed by atoms with Crippen LogP contribution in [0, 0.1) is 17.8 Å². The molecule has 0 saturated heterocycles. The number of ketones is 1. The van der Waals surface area contributed by atoms with Crippen molar-refractivity contribution in [1.29, 1.82) is 0 Å². The SMILES string of the molecule is CC(C)[Si](OCC/C=C\[C@@H]1CCC(=O)[C@@H]1[C@H](O)C1CCCCC1)(C(C)C)C(C)C. The van der Waals surface area contributed by atoms with E-state index in [4.69, 9.17) is 4.43 Å². The third kappa shape index (κ3) is 5.83. The van der Waals surface area contributed by atoms with Gasteiger partial charge in [0.15, 0.2) is 8.32 Å². The number of carbonyl (C=O) groups excluding carboxylic acids is 1. The maximum Gasteiger partial charge on any atom is 0.200 e. The van der Waals surface area contributed by atoms with Crippen molar-refractivity contribution in [2.75, 3.05) is 6.61 Å². The maximum atomic E-state index is 12.5. The molecule has 2 rings (SSSR count). The summed E-state index contributed by atoms with van der Waals surface area (Å²) in [4.78, 5) is 12.5. The first-order valence-corrected chi connectivity index (χ1v) is 14.4. The van der Waals surface area contributed by atoms with Crippen LogP contribution < -0.4 is 0 Å². The Hall–Kier alpha value is -0.453. The molecule has 0 spiro atoms. The van der Waals surface area contributed by atoms with Crippen LogP contribution in [-0.4, -0.2) is 31.9 Å². The smallest absolute Gasteiger partial charge is 0.200 e. The molecule has 0 bridgehead atoms. The Morgan fingerprint density at radius 1 is 1.00 bits per heavy atom. The lowest BCUT2D eigenvalue weighted by Crippen LogP contribution is -2.47. The van der Waals surface area contributed by atoms with Crippen molar-refractivity contribution in [3.63, 3.8) is 0 Å². The molecule has 29 heavy (non-hydrogen) atoms. The summed E-state index contributed by atoms with van der Waals surface area (Å²) < 4.78 is 6.64. The lowest BCUT2D eigenvalue weighted by Gasteiger charge is -2.42. The molecule has 2 saturated carbocycles. The highest BCUT2D eigenvalue weighted by Crippen LogP contribution is 2.42. The monoisotopic (exact) mass is 422 g/mol. The summed E-state index contributed by atoms with van der Waals surface area (Å²) in [6.07, 6.45) is 12.3. The Bertz CT molecular complexity index is 512. The van der Waals surface area contributed by atoms with Crippen LogP contribution in [0.2, 0.25) is 16.6 Å². The Morgan fingerprint density at radius 2 is 1.59 bits per heavy atom. The number of Topliss-reactive ketones (excluding diaryl/α,β-unsaturated/α-hetero) is 1. The first-order valence-electron chi connectivity index (χ1n) is 12.2. The molecule has 0 aromatic carbocycles. The molecule has 0 heterocycles. The van der Waals surface area contributed by atoms with Crippen molar-refractivity contribution in [3.05, 3.63) is 12.2 Å². The number of allylic oxidation sites excluding steroid dienone is 1. The molecule has 3 atom stereocenters. The second kappa shape index (κ2) is 11.2. The summed E-state index contributed by atoms with van der Waals surface area (Å²) in [6.45, 7) is 14.7. The molecule has 0 aliphatic heterocycles. The third-order valence-electron chi connectivity index (χ3n) is 7.78. The lowest BCUT2D eigenvalue weighted by molar-refractivity contribution is -0.126.